The highest BCUT2D eigenvalue weighted by atomic mass is 79.9. The monoisotopic (exact) mass is 769 g/mol. The van der Waals surface area contributed by atoms with Gasteiger partial charge in [-0.1, -0.05) is 83.0 Å². The van der Waals surface area contributed by atoms with Gasteiger partial charge in [-0.15, -0.1) is 0 Å². The second kappa shape index (κ2) is 16.2. The van der Waals surface area contributed by atoms with Gasteiger partial charge < -0.3 is 15.0 Å². The van der Waals surface area contributed by atoms with Crippen LogP contribution in [0.4, 0.5) is 5.69 Å². The first-order chi connectivity index (χ1) is 22.0. The smallest absolute Gasteiger partial charge is 0.264 e. The van der Waals surface area contributed by atoms with Crippen LogP contribution >= 0.6 is 31.9 Å². The van der Waals surface area contributed by atoms with Crippen LogP contribution in [0.25, 0.3) is 0 Å². The number of ether oxygens (including phenoxy) is 1. The molecule has 1 N–H and O–H groups in total. The third kappa shape index (κ3) is 8.98. The summed E-state index contributed by atoms with van der Waals surface area (Å²) in [6.07, 6.45) is 0.975. The van der Waals surface area contributed by atoms with Crippen molar-refractivity contribution in [3.8, 4) is 5.75 Å². The number of aryl methyl sites for hydroxylation is 1. The van der Waals surface area contributed by atoms with E-state index in [-0.39, 0.29) is 23.8 Å². The first-order valence-corrected chi connectivity index (χ1v) is 17.8. The van der Waals surface area contributed by atoms with E-state index in [0.717, 1.165) is 31.9 Å². The number of hydrogen-bond acceptors (Lipinski definition) is 5. The predicted molar refractivity (Wildman–Crippen MR) is 188 cm³/mol. The minimum Gasteiger partial charge on any atom is -0.496 e. The zero-order chi connectivity index (χ0) is 33.3. The van der Waals surface area contributed by atoms with Gasteiger partial charge in [-0.2, -0.15) is 0 Å². The molecular formula is C35H37Br2N3O5S. The highest BCUT2D eigenvalue weighted by Crippen LogP contribution is 2.31. The van der Waals surface area contributed by atoms with E-state index >= 15 is 0 Å². The van der Waals surface area contributed by atoms with Crippen molar-refractivity contribution in [2.45, 2.75) is 44.2 Å². The van der Waals surface area contributed by atoms with Gasteiger partial charge in [-0.25, -0.2) is 8.42 Å². The Labute approximate surface area is 288 Å². The Bertz CT molecular complexity index is 1730. The van der Waals surface area contributed by atoms with Crippen LogP contribution in [0.3, 0.4) is 0 Å². The fourth-order valence-electron chi connectivity index (χ4n) is 4.88. The molecular weight excluding hydrogens is 734 g/mol. The van der Waals surface area contributed by atoms with Crippen LogP contribution < -0.4 is 14.4 Å². The van der Waals surface area contributed by atoms with Crippen LogP contribution in [0.1, 0.15) is 30.0 Å². The number of carbonyl (C=O) groups excluding carboxylic acids is 2. The van der Waals surface area contributed by atoms with Crippen LogP contribution in [0.15, 0.2) is 111 Å². The molecule has 0 radical (unpaired) electrons. The Balaban J connectivity index is 1.80. The number of anilines is 1. The van der Waals surface area contributed by atoms with Crippen LogP contribution in [0, 0.1) is 6.92 Å². The molecule has 4 aromatic carbocycles. The van der Waals surface area contributed by atoms with E-state index in [4.69, 9.17) is 4.74 Å². The number of methoxy groups -OCH3 is 1. The third-order valence-electron chi connectivity index (χ3n) is 7.40. The Morgan fingerprint density at radius 3 is 2.17 bits per heavy atom. The minimum atomic E-state index is -4.25. The molecule has 0 bridgehead atoms. The van der Waals surface area contributed by atoms with Gasteiger partial charge in [0.2, 0.25) is 11.8 Å². The van der Waals surface area contributed by atoms with Crippen molar-refractivity contribution in [1.82, 2.24) is 10.2 Å². The summed E-state index contributed by atoms with van der Waals surface area (Å²) in [6.45, 7) is 3.87. The maximum atomic E-state index is 14.5. The molecule has 1 atom stereocenters. The lowest BCUT2D eigenvalue weighted by atomic mass is 10.0. The van der Waals surface area contributed by atoms with Crippen LogP contribution in [-0.4, -0.2) is 51.4 Å². The van der Waals surface area contributed by atoms with Crippen LogP contribution in [0.5, 0.6) is 5.75 Å². The second-order valence-corrected chi connectivity index (χ2v) is 14.4. The van der Waals surface area contributed by atoms with Crippen molar-refractivity contribution in [2.75, 3.05) is 24.5 Å². The predicted octanol–water partition coefficient (Wildman–Crippen LogP) is 6.89. The van der Waals surface area contributed by atoms with Gasteiger partial charge in [0.25, 0.3) is 10.0 Å². The summed E-state index contributed by atoms with van der Waals surface area (Å²) in [5, 5.41) is 2.96. The number of amides is 2. The molecule has 0 spiro atoms. The van der Waals surface area contributed by atoms with Gasteiger partial charge in [0, 0.05) is 24.0 Å². The lowest BCUT2D eigenvalue weighted by Crippen LogP contribution is -2.53. The maximum Gasteiger partial charge on any atom is 0.264 e. The fraction of sp³-hybridized carbons (Fsp3) is 0.257. The standard InChI is InChI=1S/C35H37Br2N3O5S/c1-4-20-38-35(42)32(21-26-8-6-5-7-9-26)39(23-27-12-14-28(36)15-13-27)34(41)24-40(29-16-10-25(2)11-17-29)46(43,44)30-18-19-33(45-3)31(37)22-30/h5-19,22,32H,4,20-21,23-24H2,1-3H3,(H,38,42)/t32-/m1/s1. The second-order valence-electron chi connectivity index (χ2n) is 10.8. The molecule has 4 aromatic rings. The summed E-state index contributed by atoms with van der Waals surface area (Å²) in [6, 6.07) is 27.4. The third-order valence-corrected chi connectivity index (χ3v) is 10.3. The zero-order valence-electron chi connectivity index (χ0n) is 26.0. The van der Waals surface area contributed by atoms with Crippen LogP contribution in [-0.2, 0) is 32.6 Å². The normalized spacial score (nSPS) is 11.8. The minimum absolute atomic E-state index is 0.0190. The van der Waals surface area contributed by atoms with E-state index in [2.05, 4.69) is 37.2 Å². The van der Waals surface area contributed by atoms with Crippen molar-refractivity contribution < 1.29 is 22.7 Å². The van der Waals surface area contributed by atoms with Crippen molar-refractivity contribution in [3.05, 3.63) is 123 Å². The summed E-state index contributed by atoms with van der Waals surface area (Å²) in [4.78, 5) is 29.7. The molecule has 0 heterocycles. The molecule has 242 valence electrons. The van der Waals surface area contributed by atoms with Crippen LogP contribution in [0.2, 0.25) is 0 Å². The topological polar surface area (TPSA) is 96.0 Å². The Kier molecular flexibility index (Phi) is 12.4. The number of halogens is 2. The van der Waals surface area contributed by atoms with Crippen molar-refractivity contribution >= 4 is 59.4 Å². The lowest BCUT2D eigenvalue weighted by molar-refractivity contribution is -0.140. The highest BCUT2D eigenvalue weighted by Gasteiger charge is 2.34. The molecule has 0 saturated carbocycles. The Morgan fingerprint density at radius 2 is 1.57 bits per heavy atom. The Hall–Kier alpha value is -3.67. The van der Waals surface area contributed by atoms with Crippen molar-refractivity contribution in [3.63, 3.8) is 0 Å². The first-order valence-electron chi connectivity index (χ1n) is 14.8. The number of rotatable bonds is 14. The molecule has 0 aliphatic heterocycles. The molecule has 8 nitrogen and oxygen atoms in total. The number of carbonyl (C=O) groups is 2. The van der Waals surface area contributed by atoms with Crippen molar-refractivity contribution in [2.24, 2.45) is 0 Å². The SMILES string of the molecule is CCCNC(=O)[C@@H](Cc1ccccc1)N(Cc1ccc(Br)cc1)C(=O)CN(c1ccc(C)cc1)S(=O)(=O)c1ccc(OC)c(Br)c1. The molecule has 2 amide bonds. The largest absolute Gasteiger partial charge is 0.496 e. The molecule has 4 rings (SSSR count). The number of nitrogens with one attached hydrogen (secondary N) is 1. The maximum absolute atomic E-state index is 14.5. The number of benzene rings is 4. The van der Waals surface area contributed by atoms with Gasteiger partial charge in [0.1, 0.15) is 18.3 Å². The van der Waals surface area contributed by atoms with E-state index in [1.165, 1.54) is 24.1 Å². The van der Waals surface area contributed by atoms with Gasteiger partial charge in [-0.3, -0.25) is 13.9 Å². The molecule has 0 aliphatic rings. The summed E-state index contributed by atoms with van der Waals surface area (Å²) in [7, 11) is -2.75. The average molecular weight is 772 g/mol. The molecule has 0 unspecified atom stereocenters. The molecule has 0 aromatic heterocycles. The summed E-state index contributed by atoms with van der Waals surface area (Å²) >= 11 is 6.85. The molecule has 46 heavy (non-hydrogen) atoms. The van der Waals surface area contributed by atoms with E-state index in [1.54, 1.807) is 30.3 Å². The van der Waals surface area contributed by atoms with Gasteiger partial charge in [-0.05, 0) is 82.9 Å². The average Bonchev–Trinajstić information content (AvgIpc) is 3.05. The van der Waals surface area contributed by atoms with Crippen molar-refractivity contribution in [1.29, 1.82) is 0 Å². The molecule has 11 heteroatoms. The summed E-state index contributed by atoms with van der Waals surface area (Å²) in [5.74, 6) is -0.355. The number of nitrogens with zero attached hydrogens (tertiary/aromatic N) is 2. The Morgan fingerprint density at radius 1 is 0.891 bits per heavy atom. The molecule has 0 aliphatic carbocycles. The lowest BCUT2D eigenvalue weighted by Gasteiger charge is -2.34. The summed E-state index contributed by atoms with van der Waals surface area (Å²) in [5.41, 5.74) is 2.93. The van der Waals surface area contributed by atoms with Gasteiger partial charge in [0.05, 0.1) is 22.2 Å². The van der Waals surface area contributed by atoms with Gasteiger partial charge >= 0.3 is 0 Å². The zero-order valence-corrected chi connectivity index (χ0v) is 29.9. The van der Waals surface area contributed by atoms with E-state index in [9.17, 15) is 18.0 Å². The van der Waals surface area contributed by atoms with E-state index in [1.807, 2.05) is 68.4 Å². The summed E-state index contributed by atoms with van der Waals surface area (Å²) < 4.78 is 36.3. The van der Waals surface area contributed by atoms with E-state index in [0.29, 0.717) is 22.5 Å². The molecule has 0 fully saturated rings. The van der Waals surface area contributed by atoms with Gasteiger partial charge in [0.15, 0.2) is 0 Å². The number of hydrogen-bond donors (Lipinski definition) is 1. The number of sulfonamides is 1. The molecule has 0 saturated heterocycles. The quantitative estimate of drug-likeness (QED) is 0.151. The first kappa shape index (κ1) is 35.2. The fourth-order valence-corrected chi connectivity index (χ4v) is 7.28. The van der Waals surface area contributed by atoms with E-state index < -0.39 is 28.5 Å². The highest BCUT2D eigenvalue weighted by molar-refractivity contribution is 9.10.